The largest absolute Gasteiger partial charge is 0.321 e. The molecule has 2 aromatic heterocycles. The van der Waals surface area contributed by atoms with Gasteiger partial charge in [0.25, 0.3) is 11.5 Å². The van der Waals surface area contributed by atoms with Gasteiger partial charge < -0.3 is 5.32 Å². The number of thiophene rings is 1. The van der Waals surface area contributed by atoms with E-state index in [0.29, 0.717) is 26.2 Å². The normalized spacial score (nSPS) is 11.2. The summed E-state index contributed by atoms with van der Waals surface area (Å²) in [5, 5.41) is 5.32. The molecule has 1 amide bonds. The van der Waals surface area contributed by atoms with Crippen LogP contribution in [0.5, 0.6) is 0 Å². The summed E-state index contributed by atoms with van der Waals surface area (Å²) < 4.78 is 1.31. The highest BCUT2D eigenvalue weighted by molar-refractivity contribution is 7.20. The van der Waals surface area contributed by atoms with E-state index in [1.54, 1.807) is 13.0 Å². The van der Waals surface area contributed by atoms with Crippen LogP contribution < -0.4 is 10.9 Å². The molecule has 0 aliphatic heterocycles. The Morgan fingerprint density at radius 2 is 1.74 bits per heavy atom. The fourth-order valence-corrected chi connectivity index (χ4v) is 5.26. The standard InChI is InChI=1S/C28H23N3O3S/c1-16-8-11-22(17(2)12-16)30-26(33)25-18(3)24-27(35-25)29-15-31(28(24)34)14-23(32)21-10-9-19-6-4-5-7-20(19)13-21/h4-13,15H,14H2,1-3H3,(H,30,33). The molecule has 0 unspecified atom stereocenters. The van der Waals surface area contributed by atoms with Gasteiger partial charge in [0.05, 0.1) is 23.1 Å². The molecule has 3 aromatic carbocycles. The van der Waals surface area contributed by atoms with Gasteiger partial charge in [-0.2, -0.15) is 0 Å². The summed E-state index contributed by atoms with van der Waals surface area (Å²) in [6.07, 6.45) is 1.38. The van der Waals surface area contributed by atoms with Crippen molar-refractivity contribution in [2.45, 2.75) is 27.3 Å². The van der Waals surface area contributed by atoms with Crippen molar-refractivity contribution in [3.05, 3.63) is 104 Å². The molecular formula is C28H23N3O3S. The Balaban J connectivity index is 1.44. The second-order valence-corrected chi connectivity index (χ2v) is 9.67. The molecule has 0 aliphatic rings. The minimum absolute atomic E-state index is 0.126. The van der Waals surface area contributed by atoms with Crippen molar-refractivity contribution in [3.63, 3.8) is 0 Å². The zero-order valence-corrected chi connectivity index (χ0v) is 20.4. The van der Waals surface area contributed by atoms with Crippen LogP contribution in [-0.4, -0.2) is 21.2 Å². The highest BCUT2D eigenvalue weighted by atomic mass is 32.1. The van der Waals surface area contributed by atoms with Gasteiger partial charge in [0, 0.05) is 11.3 Å². The zero-order chi connectivity index (χ0) is 24.7. The number of hydrogen-bond donors (Lipinski definition) is 1. The summed E-state index contributed by atoms with van der Waals surface area (Å²) in [6.45, 7) is 5.55. The molecular weight excluding hydrogens is 458 g/mol. The monoisotopic (exact) mass is 481 g/mol. The summed E-state index contributed by atoms with van der Waals surface area (Å²) in [5.74, 6) is -0.463. The van der Waals surface area contributed by atoms with E-state index < -0.39 is 0 Å². The van der Waals surface area contributed by atoms with E-state index in [9.17, 15) is 14.4 Å². The molecule has 174 valence electrons. The summed E-state index contributed by atoms with van der Waals surface area (Å²) in [7, 11) is 0. The quantitative estimate of drug-likeness (QED) is 0.328. The van der Waals surface area contributed by atoms with Gasteiger partial charge >= 0.3 is 0 Å². The van der Waals surface area contributed by atoms with Crippen LogP contribution in [0.3, 0.4) is 0 Å². The minimum Gasteiger partial charge on any atom is -0.321 e. The predicted octanol–water partition coefficient (Wildman–Crippen LogP) is 5.67. The van der Waals surface area contributed by atoms with Gasteiger partial charge in [0.2, 0.25) is 0 Å². The molecule has 5 aromatic rings. The number of aromatic nitrogens is 2. The van der Waals surface area contributed by atoms with E-state index in [-0.39, 0.29) is 23.8 Å². The average molecular weight is 482 g/mol. The molecule has 5 rings (SSSR count). The molecule has 0 spiro atoms. The Hall–Kier alpha value is -4.10. The van der Waals surface area contributed by atoms with Gasteiger partial charge in [-0.15, -0.1) is 11.3 Å². The van der Waals surface area contributed by atoms with Gasteiger partial charge in [0.15, 0.2) is 5.78 Å². The van der Waals surface area contributed by atoms with Crippen molar-refractivity contribution >= 4 is 49.7 Å². The lowest BCUT2D eigenvalue weighted by Crippen LogP contribution is -2.24. The maximum absolute atomic E-state index is 13.3. The number of fused-ring (bicyclic) bond motifs is 2. The summed E-state index contributed by atoms with van der Waals surface area (Å²) in [6, 6.07) is 19.1. The van der Waals surface area contributed by atoms with Gasteiger partial charge in [-0.3, -0.25) is 19.0 Å². The van der Waals surface area contributed by atoms with Crippen LogP contribution in [0.4, 0.5) is 5.69 Å². The number of carbonyl (C=O) groups is 2. The number of rotatable bonds is 5. The third kappa shape index (κ3) is 4.26. The van der Waals surface area contributed by atoms with Crippen molar-refractivity contribution in [2.24, 2.45) is 0 Å². The lowest BCUT2D eigenvalue weighted by atomic mass is 10.0. The number of Topliss-reactive ketones (excluding diaryl/α,β-unsaturated/α-hetero) is 1. The van der Waals surface area contributed by atoms with E-state index in [1.165, 1.54) is 22.2 Å². The third-order valence-electron chi connectivity index (χ3n) is 6.14. The first-order valence-corrected chi connectivity index (χ1v) is 12.0. The molecule has 0 bridgehead atoms. The van der Waals surface area contributed by atoms with E-state index in [1.807, 2.05) is 68.4 Å². The maximum Gasteiger partial charge on any atom is 0.266 e. The van der Waals surface area contributed by atoms with Gasteiger partial charge in [-0.1, -0.05) is 54.1 Å². The van der Waals surface area contributed by atoms with Crippen LogP contribution in [0.25, 0.3) is 21.0 Å². The molecule has 7 heteroatoms. The molecule has 2 heterocycles. The predicted molar refractivity (Wildman–Crippen MR) is 141 cm³/mol. The lowest BCUT2D eigenvalue weighted by molar-refractivity contribution is 0.0969. The highest BCUT2D eigenvalue weighted by Crippen LogP contribution is 2.28. The fraction of sp³-hybridized carbons (Fsp3) is 0.143. The Morgan fingerprint density at radius 3 is 2.51 bits per heavy atom. The Labute approximate surface area is 205 Å². The molecule has 1 N–H and O–H groups in total. The molecule has 0 aliphatic carbocycles. The second-order valence-electron chi connectivity index (χ2n) is 8.67. The number of ketones is 1. The van der Waals surface area contributed by atoms with Crippen molar-refractivity contribution in [1.82, 2.24) is 9.55 Å². The Bertz CT molecular complexity index is 1700. The fourth-order valence-electron chi connectivity index (χ4n) is 4.23. The van der Waals surface area contributed by atoms with Crippen LogP contribution in [0.2, 0.25) is 0 Å². The summed E-state index contributed by atoms with van der Waals surface area (Å²) in [4.78, 5) is 44.5. The number of nitrogens with one attached hydrogen (secondary N) is 1. The molecule has 35 heavy (non-hydrogen) atoms. The molecule has 0 saturated heterocycles. The van der Waals surface area contributed by atoms with Gasteiger partial charge in [-0.05, 0) is 54.8 Å². The third-order valence-corrected chi connectivity index (χ3v) is 7.34. The highest BCUT2D eigenvalue weighted by Gasteiger charge is 2.21. The number of hydrogen-bond acceptors (Lipinski definition) is 5. The average Bonchev–Trinajstić information content (AvgIpc) is 3.19. The number of nitrogens with zero attached hydrogens (tertiary/aromatic N) is 2. The number of benzene rings is 3. The minimum atomic E-state index is -0.330. The smallest absolute Gasteiger partial charge is 0.266 e. The van der Waals surface area contributed by atoms with Crippen LogP contribution in [0.15, 0.2) is 71.8 Å². The molecule has 0 fully saturated rings. The summed E-state index contributed by atoms with van der Waals surface area (Å²) >= 11 is 1.18. The van der Waals surface area contributed by atoms with E-state index >= 15 is 0 Å². The lowest BCUT2D eigenvalue weighted by Gasteiger charge is -2.08. The molecule has 0 radical (unpaired) electrons. The number of amides is 1. The van der Waals surface area contributed by atoms with Gasteiger partial charge in [-0.25, -0.2) is 4.98 Å². The Morgan fingerprint density at radius 1 is 0.971 bits per heavy atom. The second kappa shape index (κ2) is 8.92. The zero-order valence-electron chi connectivity index (χ0n) is 19.6. The first-order chi connectivity index (χ1) is 16.8. The van der Waals surface area contributed by atoms with Crippen LogP contribution in [0, 0.1) is 20.8 Å². The Kier molecular flexibility index (Phi) is 5.78. The first kappa shape index (κ1) is 22.7. The van der Waals surface area contributed by atoms with Crippen LogP contribution in [-0.2, 0) is 6.54 Å². The van der Waals surface area contributed by atoms with Crippen molar-refractivity contribution < 1.29 is 9.59 Å². The van der Waals surface area contributed by atoms with Crippen LogP contribution >= 0.6 is 11.3 Å². The van der Waals surface area contributed by atoms with Crippen LogP contribution in [0.1, 0.15) is 36.7 Å². The molecule has 0 saturated carbocycles. The number of anilines is 1. The van der Waals surface area contributed by atoms with Crippen molar-refractivity contribution in [2.75, 3.05) is 5.32 Å². The topological polar surface area (TPSA) is 81.1 Å². The first-order valence-electron chi connectivity index (χ1n) is 11.2. The maximum atomic E-state index is 13.3. The SMILES string of the molecule is Cc1ccc(NC(=O)c2sc3ncn(CC(=O)c4ccc5ccccc5c4)c(=O)c3c2C)c(C)c1. The van der Waals surface area contributed by atoms with Gasteiger partial charge in [0.1, 0.15) is 4.83 Å². The summed E-state index contributed by atoms with van der Waals surface area (Å²) in [5.41, 5.74) is 3.57. The van der Waals surface area contributed by atoms with E-state index in [2.05, 4.69) is 10.3 Å². The molecule has 6 nitrogen and oxygen atoms in total. The van der Waals surface area contributed by atoms with Crippen molar-refractivity contribution in [1.29, 1.82) is 0 Å². The van der Waals surface area contributed by atoms with E-state index in [4.69, 9.17) is 0 Å². The molecule has 0 atom stereocenters. The van der Waals surface area contributed by atoms with E-state index in [0.717, 1.165) is 27.6 Å². The van der Waals surface area contributed by atoms with Crippen molar-refractivity contribution in [3.8, 4) is 0 Å². The number of carbonyl (C=O) groups excluding carboxylic acids is 2. The number of aryl methyl sites for hydroxylation is 3.